The monoisotopic (exact) mass is 273 g/mol. The van der Waals surface area contributed by atoms with Crippen LogP contribution >= 0.6 is 0 Å². The minimum Gasteiger partial charge on any atom is -0.397 e. The summed E-state index contributed by atoms with van der Waals surface area (Å²) in [4.78, 5) is 17.4. The molecule has 0 spiro atoms. The Balaban J connectivity index is 2.03. The fourth-order valence-electron chi connectivity index (χ4n) is 1.84. The number of hydrogen-bond acceptors (Lipinski definition) is 4. The molecule has 1 aromatic heterocycles. The number of nitrogens with zero attached hydrogens (tertiary/aromatic N) is 3. The molecule has 0 aliphatic rings. The molecule has 6 nitrogen and oxygen atoms in total. The smallest absolute Gasteiger partial charge is 0.253 e. The molecular weight excluding hydrogens is 254 g/mol. The maximum atomic E-state index is 11.9. The van der Waals surface area contributed by atoms with Crippen LogP contribution < -0.4 is 11.1 Å². The largest absolute Gasteiger partial charge is 0.397 e. The molecule has 0 fully saturated rings. The average molecular weight is 273 g/mol. The summed E-state index contributed by atoms with van der Waals surface area (Å²) in [5, 5.41) is 3.24. The zero-order valence-electron chi connectivity index (χ0n) is 11.7. The maximum absolute atomic E-state index is 11.9. The molecule has 2 aromatic rings. The first-order chi connectivity index (χ1) is 9.58. The van der Waals surface area contributed by atoms with E-state index in [2.05, 4.69) is 10.3 Å². The first-order valence-electron chi connectivity index (χ1n) is 6.38. The van der Waals surface area contributed by atoms with Gasteiger partial charge in [0, 0.05) is 45.1 Å². The summed E-state index contributed by atoms with van der Waals surface area (Å²) in [6.45, 7) is 1.49. The van der Waals surface area contributed by atoms with Crippen molar-refractivity contribution < 1.29 is 4.79 Å². The van der Waals surface area contributed by atoms with E-state index in [4.69, 9.17) is 5.73 Å². The van der Waals surface area contributed by atoms with Gasteiger partial charge in [0.1, 0.15) is 0 Å². The van der Waals surface area contributed by atoms with E-state index in [0.29, 0.717) is 17.8 Å². The lowest BCUT2D eigenvalue weighted by atomic mass is 10.1. The number of nitrogens with one attached hydrogen (secondary N) is 1. The summed E-state index contributed by atoms with van der Waals surface area (Å²) in [5.41, 5.74) is 7.94. The minimum atomic E-state index is -0.0392. The van der Waals surface area contributed by atoms with E-state index in [-0.39, 0.29) is 5.91 Å². The van der Waals surface area contributed by atoms with Crippen LogP contribution in [0.5, 0.6) is 0 Å². The Bertz CT molecular complexity index is 577. The minimum absolute atomic E-state index is 0.0392. The third kappa shape index (κ3) is 3.28. The van der Waals surface area contributed by atoms with Gasteiger partial charge in [-0.15, -0.1) is 0 Å². The van der Waals surface area contributed by atoms with Crippen LogP contribution in [-0.2, 0) is 6.54 Å². The van der Waals surface area contributed by atoms with E-state index in [1.54, 1.807) is 49.7 Å². The van der Waals surface area contributed by atoms with Crippen molar-refractivity contribution in [2.45, 2.75) is 6.54 Å². The van der Waals surface area contributed by atoms with Gasteiger partial charge in [0.15, 0.2) is 0 Å². The Morgan fingerprint density at radius 1 is 1.45 bits per heavy atom. The highest BCUT2D eigenvalue weighted by atomic mass is 16.2. The lowest BCUT2D eigenvalue weighted by Gasteiger charge is -2.14. The van der Waals surface area contributed by atoms with Crippen molar-refractivity contribution in [3.05, 3.63) is 42.5 Å². The number of amides is 1. The Morgan fingerprint density at radius 2 is 2.25 bits per heavy atom. The van der Waals surface area contributed by atoms with Crippen LogP contribution in [0.15, 0.2) is 36.9 Å². The fourth-order valence-corrected chi connectivity index (χ4v) is 1.84. The van der Waals surface area contributed by atoms with Gasteiger partial charge in [-0.25, -0.2) is 4.98 Å². The van der Waals surface area contributed by atoms with E-state index in [1.807, 2.05) is 10.8 Å². The Morgan fingerprint density at radius 3 is 2.90 bits per heavy atom. The highest BCUT2D eigenvalue weighted by Gasteiger charge is 2.09. The molecule has 0 aliphatic carbocycles. The van der Waals surface area contributed by atoms with Gasteiger partial charge in [-0.1, -0.05) is 0 Å². The van der Waals surface area contributed by atoms with Crippen molar-refractivity contribution in [2.24, 2.45) is 0 Å². The second-order valence-corrected chi connectivity index (χ2v) is 4.73. The van der Waals surface area contributed by atoms with Crippen LogP contribution in [0.3, 0.4) is 0 Å². The van der Waals surface area contributed by atoms with Gasteiger partial charge in [-0.3, -0.25) is 4.79 Å². The summed E-state index contributed by atoms with van der Waals surface area (Å²) in [6, 6.07) is 5.26. The Kier molecular flexibility index (Phi) is 4.24. The number of imidazole rings is 1. The van der Waals surface area contributed by atoms with Crippen LogP contribution in [0.2, 0.25) is 0 Å². The summed E-state index contributed by atoms with van der Waals surface area (Å²) in [6.07, 6.45) is 5.40. The molecule has 1 aromatic carbocycles. The van der Waals surface area contributed by atoms with E-state index in [9.17, 15) is 4.79 Å². The van der Waals surface area contributed by atoms with Gasteiger partial charge in [0.25, 0.3) is 5.91 Å². The summed E-state index contributed by atoms with van der Waals surface area (Å²) >= 11 is 0. The van der Waals surface area contributed by atoms with Crippen molar-refractivity contribution in [3.63, 3.8) is 0 Å². The number of rotatable bonds is 5. The zero-order valence-corrected chi connectivity index (χ0v) is 11.7. The molecule has 6 heteroatoms. The van der Waals surface area contributed by atoms with E-state index in [0.717, 1.165) is 12.2 Å². The Hall–Kier alpha value is -2.50. The number of hydrogen-bond donors (Lipinski definition) is 2. The van der Waals surface area contributed by atoms with Crippen molar-refractivity contribution in [1.29, 1.82) is 0 Å². The van der Waals surface area contributed by atoms with Crippen LogP contribution in [0, 0.1) is 0 Å². The number of benzene rings is 1. The van der Waals surface area contributed by atoms with E-state index >= 15 is 0 Å². The van der Waals surface area contributed by atoms with Crippen molar-refractivity contribution >= 4 is 17.3 Å². The topological polar surface area (TPSA) is 76.2 Å². The predicted molar refractivity (Wildman–Crippen MR) is 79.6 cm³/mol. The lowest BCUT2D eigenvalue weighted by Crippen LogP contribution is -2.22. The number of nitrogens with two attached hydrogens (primary N) is 1. The van der Waals surface area contributed by atoms with Crippen LogP contribution in [0.1, 0.15) is 10.4 Å². The van der Waals surface area contributed by atoms with E-state index in [1.165, 1.54) is 0 Å². The maximum Gasteiger partial charge on any atom is 0.253 e. The van der Waals surface area contributed by atoms with Crippen LogP contribution in [0.25, 0.3) is 0 Å². The third-order valence-corrected chi connectivity index (χ3v) is 2.95. The SMILES string of the molecule is CN(C)C(=O)c1ccc(N)c(NCCn2ccnc2)c1. The van der Waals surface area contributed by atoms with Gasteiger partial charge in [-0.05, 0) is 18.2 Å². The highest BCUT2D eigenvalue weighted by molar-refractivity contribution is 5.95. The zero-order chi connectivity index (χ0) is 14.5. The lowest BCUT2D eigenvalue weighted by molar-refractivity contribution is 0.0827. The summed E-state index contributed by atoms with van der Waals surface area (Å²) < 4.78 is 1.97. The van der Waals surface area contributed by atoms with Crippen LogP contribution in [0.4, 0.5) is 11.4 Å². The molecule has 0 atom stereocenters. The number of anilines is 2. The van der Waals surface area contributed by atoms with Crippen LogP contribution in [-0.4, -0.2) is 41.0 Å². The Labute approximate surface area is 118 Å². The second kappa shape index (κ2) is 6.10. The molecular formula is C14H19N5O. The molecule has 0 unspecified atom stereocenters. The molecule has 1 heterocycles. The third-order valence-electron chi connectivity index (χ3n) is 2.95. The first kappa shape index (κ1) is 13.9. The molecule has 1 amide bonds. The first-order valence-corrected chi connectivity index (χ1v) is 6.38. The molecule has 0 radical (unpaired) electrons. The van der Waals surface area contributed by atoms with Gasteiger partial charge >= 0.3 is 0 Å². The van der Waals surface area contributed by atoms with Gasteiger partial charge in [0.2, 0.25) is 0 Å². The summed E-state index contributed by atoms with van der Waals surface area (Å²) in [7, 11) is 3.45. The number of aromatic nitrogens is 2. The average Bonchev–Trinajstić information content (AvgIpc) is 2.93. The standard InChI is InChI=1S/C14H19N5O/c1-18(2)14(20)11-3-4-12(15)13(9-11)17-6-8-19-7-5-16-10-19/h3-5,7,9-10,17H,6,8,15H2,1-2H3. The molecule has 0 saturated heterocycles. The van der Waals surface area contributed by atoms with Crippen molar-refractivity contribution in [3.8, 4) is 0 Å². The van der Waals surface area contributed by atoms with Gasteiger partial charge in [0.05, 0.1) is 17.7 Å². The number of nitrogen functional groups attached to an aromatic ring is 1. The molecule has 2 rings (SSSR count). The molecule has 3 N–H and O–H groups in total. The normalized spacial score (nSPS) is 10.3. The summed E-state index contributed by atoms with van der Waals surface area (Å²) in [5.74, 6) is -0.0392. The quantitative estimate of drug-likeness (QED) is 0.805. The number of carbonyl (C=O) groups excluding carboxylic acids is 1. The second-order valence-electron chi connectivity index (χ2n) is 4.73. The van der Waals surface area contributed by atoms with Crippen molar-refractivity contribution in [2.75, 3.05) is 31.7 Å². The number of carbonyl (C=O) groups is 1. The highest BCUT2D eigenvalue weighted by Crippen LogP contribution is 2.20. The van der Waals surface area contributed by atoms with Gasteiger partial charge < -0.3 is 20.5 Å². The van der Waals surface area contributed by atoms with Crippen molar-refractivity contribution in [1.82, 2.24) is 14.5 Å². The molecule has 0 bridgehead atoms. The molecule has 20 heavy (non-hydrogen) atoms. The molecule has 106 valence electrons. The molecule has 0 saturated carbocycles. The van der Waals surface area contributed by atoms with E-state index < -0.39 is 0 Å². The van der Waals surface area contributed by atoms with Gasteiger partial charge in [-0.2, -0.15) is 0 Å². The predicted octanol–water partition coefficient (Wildman–Crippen LogP) is 1.28. The molecule has 0 aliphatic heterocycles. The fraction of sp³-hybridized carbons (Fsp3) is 0.286.